The van der Waals surface area contributed by atoms with Crippen LogP contribution in [0.5, 0.6) is 0 Å². The number of hydrogen-bond acceptors (Lipinski definition) is 0. The van der Waals surface area contributed by atoms with Gasteiger partial charge in [0, 0.05) is 8.80 Å². The van der Waals surface area contributed by atoms with Gasteiger partial charge in [-0.25, -0.2) is 0 Å². The minimum atomic E-state index is 0.174. The van der Waals surface area contributed by atoms with E-state index in [9.17, 15) is 0 Å². The lowest BCUT2D eigenvalue weighted by Crippen LogP contribution is -2.15. The highest BCUT2D eigenvalue weighted by atomic mass is 28.3. The normalized spacial score (nSPS) is 26.2. The molecule has 0 nitrogen and oxygen atoms in total. The Morgan fingerprint density at radius 3 is 2.12 bits per heavy atom. The van der Waals surface area contributed by atoms with Crippen molar-refractivity contribution in [1.82, 2.24) is 0 Å². The summed E-state index contributed by atoms with van der Waals surface area (Å²) in [5.74, 6) is 1.05. The zero-order valence-corrected chi connectivity index (χ0v) is 6.91. The summed E-state index contributed by atoms with van der Waals surface area (Å²) in [5, 5.41) is 0. The molecule has 0 aromatic heterocycles. The number of rotatable bonds is 0. The second kappa shape index (κ2) is 2.67. The second-order valence-corrected chi connectivity index (χ2v) is 6.05. The molecule has 47 valence electrons. The van der Waals surface area contributed by atoms with Crippen LogP contribution in [0.1, 0.15) is 19.8 Å². The zero-order chi connectivity index (χ0) is 5.98. The fraction of sp³-hybridized carbons (Fsp3) is 1.00. The monoisotopic (exact) mass is 127 g/mol. The molecule has 1 heteroatoms. The summed E-state index contributed by atoms with van der Waals surface area (Å²) in [6.45, 7) is 4.85. The summed E-state index contributed by atoms with van der Waals surface area (Å²) in [7, 11) is 0.174. The quantitative estimate of drug-likeness (QED) is 0.439. The van der Waals surface area contributed by atoms with Crippen molar-refractivity contribution in [3.05, 3.63) is 0 Å². The summed E-state index contributed by atoms with van der Waals surface area (Å²) in [6, 6.07) is 3.15. The summed E-state index contributed by atoms with van der Waals surface area (Å²) in [4.78, 5) is 0. The lowest BCUT2D eigenvalue weighted by molar-refractivity contribution is 0.518. The van der Waals surface area contributed by atoms with E-state index in [-0.39, 0.29) is 8.80 Å². The van der Waals surface area contributed by atoms with Crippen molar-refractivity contribution in [3.63, 3.8) is 0 Å². The third kappa shape index (κ3) is 1.62. The van der Waals surface area contributed by atoms with Crippen molar-refractivity contribution in [3.8, 4) is 0 Å². The van der Waals surface area contributed by atoms with E-state index in [1.54, 1.807) is 12.1 Å². The van der Waals surface area contributed by atoms with Crippen molar-refractivity contribution in [2.45, 2.75) is 38.4 Å². The molecule has 0 unspecified atom stereocenters. The topological polar surface area (TPSA) is 0 Å². The molecule has 0 aromatic rings. The Balaban J connectivity index is 2.19. The van der Waals surface area contributed by atoms with Gasteiger partial charge in [-0.1, -0.05) is 38.4 Å². The summed E-state index contributed by atoms with van der Waals surface area (Å²) < 4.78 is 0. The first-order valence-electron chi connectivity index (χ1n) is 3.60. The Kier molecular flexibility index (Phi) is 2.12. The van der Waals surface area contributed by atoms with Gasteiger partial charge >= 0.3 is 0 Å². The molecule has 0 atom stereocenters. The van der Waals surface area contributed by atoms with Crippen LogP contribution in [0.15, 0.2) is 0 Å². The summed E-state index contributed by atoms with van der Waals surface area (Å²) in [5.41, 5.74) is 0. The fourth-order valence-electron chi connectivity index (χ4n) is 1.25. The van der Waals surface area contributed by atoms with Gasteiger partial charge in [-0.15, -0.1) is 0 Å². The van der Waals surface area contributed by atoms with Crippen LogP contribution in [0, 0.1) is 5.92 Å². The summed E-state index contributed by atoms with van der Waals surface area (Å²) >= 11 is 0. The molecule has 0 aliphatic carbocycles. The van der Waals surface area contributed by atoms with Gasteiger partial charge in [0.25, 0.3) is 0 Å². The van der Waals surface area contributed by atoms with Gasteiger partial charge < -0.3 is 0 Å². The Morgan fingerprint density at radius 1 is 1.25 bits per heavy atom. The van der Waals surface area contributed by atoms with Crippen molar-refractivity contribution in [1.29, 1.82) is 0 Å². The van der Waals surface area contributed by atoms with Crippen LogP contribution in [0.3, 0.4) is 0 Å². The molecule has 0 amide bonds. The molecule has 1 aliphatic rings. The summed E-state index contributed by atoms with van der Waals surface area (Å²) in [6.07, 6.45) is 3.04. The molecule has 0 saturated carbocycles. The van der Waals surface area contributed by atoms with Crippen LogP contribution in [0.4, 0.5) is 0 Å². The highest BCUT2D eigenvalue weighted by molar-refractivity contribution is 6.57. The van der Waals surface area contributed by atoms with Crippen molar-refractivity contribution in [2.75, 3.05) is 0 Å². The molecule has 0 N–H and O–H groups in total. The molecule has 0 bridgehead atoms. The molecule has 0 spiro atoms. The van der Waals surface area contributed by atoms with Crippen LogP contribution in [-0.2, 0) is 0 Å². The Morgan fingerprint density at radius 2 is 1.75 bits per heavy atom. The Labute approximate surface area is 53.9 Å². The highest BCUT2D eigenvalue weighted by Gasteiger charge is 2.14. The van der Waals surface area contributed by atoms with E-state index in [0.717, 1.165) is 5.92 Å². The molecule has 0 aromatic carbocycles. The standard InChI is InChI=1S/C7H15Si/c1-7-3-5-8(2)6-4-7/h7H,3-6H2,1-2H3. The third-order valence-electron chi connectivity index (χ3n) is 2.13. The molecule has 1 rings (SSSR count). The third-order valence-corrected chi connectivity index (χ3v) is 4.41. The van der Waals surface area contributed by atoms with E-state index in [2.05, 4.69) is 13.5 Å². The van der Waals surface area contributed by atoms with Gasteiger partial charge in [0.2, 0.25) is 0 Å². The van der Waals surface area contributed by atoms with Crippen LogP contribution in [0.25, 0.3) is 0 Å². The zero-order valence-electron chi connectivity index (χ0n) is 5.91. The lowest BCUT2D eigenvalue weighted by atomic mass is 10.1. The molecular formula is C7H15Si. The number of hydrogen-bond donors (Lipinski definition) is 0. The van der Waals surface area contributed by atoms with Crippen LogP contribution in [0.2, 0.25) is 18.6 Å². The van der Waals surface area contributed by atoms with E-state index in [1.807, 2.05) is 0 Å². The predicted octanol–water partition coefficient (Wildman–Crippen LogP) is 2.54. The smallest absolute Gasteiger partial charge is 0.0446 e. The van der Waals surface area contributed by atoms with E-state index in [1.165, 1.54) is 12.8 Å². The minimum absolute atomic E-state index is 0.174. The Hall–Kier alpha value is 0.217. The van der Waals surface area contributed by atoms with E-state index in [0.29, 0.717) is 0 Å². The van der Waals surface area contributed by atoms with Crippen molar-refractivity contribution >= 4 is 8.80 Å². The first-order valence-corrected chi connectivity index (χ1v) is 6.02. The average Bonchev–Trinajstić information content (AvgIpc) is 1.77. The van der Waals surface area contributed by atoms with Gasteiger partial charge in [-0.3, -0.25) is 0 Å². The van der Waals surface area contributed by atoms with Crippen molar-refractivity contribution in [2.24, 2.45) is 5.92 Å². The minimum Gasteiger partial charge on any atom is -0.0711 e. The lowest BCUT2D eigenvalue weighted by Gasteiger charge is -2.21. The fourth-order valence-corrected chi connectivity index (χ4v) is 3.48. The highest BCUT2D eigenvalue weighted by Crippen LogP contribution is 2.23. The van der Waals surface area contributed by atoms with Gasteiger partial charge in [-0.05, 0) is 5.92 Å². The molecule has 1 heterocycles. The Bertz CT molecular complexity index is 52.8. The van der Waals surface area contributed by atoms with E-state index < -0.39 is 0 Å². The molecule has 8 heavy (non-hydrogen) atoms. The first kappa shape index (κ1) is 6.34. The average molecular weight is 127 g/mol. The van der Waals surface area contributed by atoms with Gasteiger partial charge in [0.05, 0.1) is 0 Å². The maximum Gasteiger partial charge on any atom is 0.0446 e. The SMILES string of the molecule is CC1CC[Si](C)CC1. The van der Waals surface area contributed by atoms with Crippen LogP contribution >= 0.6 is 0 Å². The molecule has 1 saturated heterocycles. The van der Waals surface area contributed by atoms with E-state index in [4.69, 9.17) is 0 Å². The maximum atomic E-state index is 2.47. The molecular weight excluding hydrogens is 112 g/mol. The predicted molar refractivity (Wildman–Crippen MR) is 39.6 cm³/mol. The second-order valence-electron chi connectivity index (χ2n) is 3.14. The van der Waals surface area contributed by atoms with Crippen LogP contribution in [-0.4, -0.2) is 8.80 Å². The molecule has 1 radical (unpaired) electrons. The van der Waals surface area contributed by atoms with Crippen LogP contribution < -0.4 is 0 Å². The van der Waals surface area contributed by atoms with Gasteiger partial charge in [0.1, 0.15) is 0 Å². The largest absolute Gasteiger partial charge is 0.0711 e. The maximum absolute atomic E-state index is 2.47. The van der Waals surface area contributed by atoms with Crippen molar-refractivity contribution < 1.29 is 0 Å². The van der Waals surface area contributed by atoms with E-state index >= 15 is 0 Å². The molecule has 1 aliphatic heterocycles. The van der Waals surface area contributed by atoms with Gasteiger partial charge in [0.15, 0.2) is 0 Å². The molecule has 1 fully saturated rings. The van der Waals surface area contributed by atoms with Gasteiger partial charge in [-0.2, -0.15) is 0 Å². The first-order chi connectivity index (χ1) is 3.79.